The Bertz CT molecular complexity index is 235. The average Bonchev–Trinajstić information content (AvgIpc) is 1.94. The van der Waals surface area contributed by atoms with Gasteiger partial charge in [0.05, 0.1) is 5.92 Å². The zero-order valence-corrected chi connectivity index (χ0v) is 7.28. The number of aliphatic carboxylic acids is 1. The van der Waals surface area contributed by atoms with Crippen molar-refractivity contribution < 1.29 is 9.90 Å². The molecule has 2 atom stereocenters. The molecule has 0 aromatic rings. The molecule has 0 aliphatic heterocycles. The number of hydrogen-bond acceptors (Lipinski definition) is 2. The molecule has 0 aromatic heterocycles. The van der Waals surface area contributed by atoms with E-state index < -0.39 is 17.9 Å². The summed E-state index contributed by atoms with van der Waals surface area (Å²) in [6.07, 6.45) is 5.01. The molecular formula is C7H8BrNO2. The van der Waals surface area contributed by atoms with Gasteiger partial charge in [-0.3, -0.25) is 4.79 Å². The molecule has 0 fully saturated rings. The lowest BCUT2D eigenvalue weighted by atomic mass is 9.96. The van der Waals surface area contributed by atoms with Crippen LogP contribution in [-0.4, -0.2) is 17.1 Å². The van der Waals surface area contributed by atoms with Gasteiger partial charge in [-0.15, -0.1) is 0 Å². The first-order chi connectivity index (χ1) is 5.11. The lowest BCUT2D eigenvalue weighted by Crippen LogP contribution is -2.33. The van der Waals surface area contributed by atoms with Gasteiger partial charge in [0.25, 0.3) is 0 Å². The van der Waals surface area contributed by atoms with E-state index >= 15 is 0 Å². The Morgan fingerprint density at radius 1 is 1.73 bits per heavy atom. The zero-order chi connectivity index (χ0) is 8.43. The summed E-state index contributed by atoms with van der Waals surface area (Å²) in [6.45, 7) is 0. The van der Waals surface area contributed by atoms with Gasteiger partial charge in [0.2, 0.25) is 0 Å². The summed E-state index contributed by atoms with van der Waals surface area (Å²) in [5, 5.41) is 8.65. The molecule has 0 amide bonds. The molecule has 0 spiro atoms. The molecular weight excluding hydrogens is 210 g/mol. The van der Waals surface area contributed by atoms with Gasteiger partial charge in [-0.05, 0) is 0 Å². The minimum Gasteiger partial charge on any atom is -0.481 e. The predicted octanol–water partition coefficient (Wildman–Crippen LogP) is 0.863. The van der Waals surface area contributed by atoms with Gasteiger partial charge in [0.15, 0.2) is 0 Å². The Kier molecular flexibility index (Phi) is 2.46. The molecule has 3 N–H and O–H groups in total. The maximum atomic E-state index is 10.5. The quantitative estimate of drug-likeness (QED) is 0.686. The Morgan fingerprint density at radius 2 is 2.36 bits per heavy atom. The number of carboxylic acid groups (broad SMARTS) is 1. The summed E-state index contributed by atoms with van der Waals surface area (Å²) < 4.78 is 0.770. The first-order valence-corrected chi connectivity index (χ1v) is 3.94. The van der Waals surface area contributed by atoms with Crippen LogP contribution in [0.25, 0.3) is 0 Å². The van der Waals surface area contributed by atoms with Crippen molar-refractivity contribution in [1.82, 2.24) is 0 Å². The van der Waals surface area contributed by atoms with Gasteiger partial charge >= 0.3 is 5.97 Å². The number of hydrogen-bond donors (Lipinski definition) is 2. The van der Waals surface area contributed by atoms with Crippen molar-refractivity contribution in [3.05, 3.63) is 22.7 Å². The molecule has 0 heterocycles. The lowest BCUT2D eigenvalue weighted by molar-refractivity contribution is -0.140. The maximum Gasteiger partial charge on any atom is 0.312 e. The second kappa shape index (κ2) is 3.19. The number of halogens is 1. The fourth-order valence-electron chi connectivity index (χ4n) is 0.897. The molecule has 60 valence electrons. The molecule has 1 aliphatic rings. The van der Waals surface area contributed by atoms with E-state index in [1.165, 1.54) is 0 Å². The Morgan fingerprint density at radius 3 is 2.82 bits per heavy atom. The molecule has 2 unspecified atom stereocenters. The standard InChI is InChI=1S/C7H8BrNO2/c8-4-1-2-6(9)5(3-4)7(10)11/h1-3,5-6H,9H2,(H,10,11). The Balaban J connectivity index is 2.81. The summed E-state index contributed by atoms with van der Waals surface area (Å²) in [6, 6.07) is -0.409. The van der Waals surface area contributed by atoms with Crippen LogP contribution in [0.15, 0.2) is 22.7 Å². The summed E-state index contributed by atoms with van der Waals surface area (Å²) in [7, 11) is 0. The normalized spacial score (nSPS) is 29.8. The van der Waals surface area contributed by atoms with Gasteiger partial charge in [0, 0.05) is 10.5 Å². The molecule has 0 aromatic carbocycles. The van der Waals surface area contributed by atoms with Crippen LogP contribution in [0.5, 0.6) is 0 Å². The molecule has 1 rings (SSSR count). The molecule has 0 saturated carbocycles. The van der Waals surface area contributed by atoms with E-state index in [9.17, 15) is 4.79 Å². The first-order valence-electron chi connectivity index (χ1n) is 3.15. The van der Waals surface area contributed by atoms with E-state index in [2.05, 4.69) is 15.9 Å². The highest BCUT2D eigenvalue weighted by Gasteiger charge is 2.23. The van der Waals surface area contributed by atoms with Crippen molar-refractivity contribution in [2.75, 3.05) is 0 Å². The van der Waals surface area contributed by atoms with Crippen LogP contribution in [0.4, 0.5) is 0 Å². The van der Waals surface area contributed by atoms with Crippen molar-refractivity contribution in [3.8, 4) is 0 Å². The molecule has 11 heavy (non-hydrogen) atoms. The maximum absolute atomic E-state index is 10.5. The summed E-state index contributed by atoms with van der Waals surface area (Å²) in [4.78, 5) is 10.5. The van der Waals surface area contributed by atoms with Crippen LogP contribution in [0.1, 0.15) is 0 Å². The van der Waals surface area contributed by atoms with Crippen LogP contribution >= 0.6 is 15.9 Å². The number of rotatable bonds is 1. The molecule has 4 heteroatoms. The highest BCUT2D eigenvalue weighted by molar-refractivity contribution is 9.11. The third-order valence-electron chi connectivity index (χ3n) is 1.52. The highest BCUT2D eigenvalue weighted by Crippen LogP contribution is 2.19. The molecule has 1 aliphatic carbocycles. The summed E-state index contributed by atoms with van der Waals surface area (Å²) in [5.74, 6) is -1.49. The minimum absolute atomic E-state index is 0.409. The smallest absolute Gasteiger partial charge is 0.312 e. The average molecular weight is 218 g/mol. The first kappa shape index (κ1) is 8.49. The fourth-order valence-corrected chi connectivity index (χ4v) is 1.33. The second-order valence-electron chi connectivity index (χ2n) is 2.35. The van der Waals surface area contributed by atoms with Crippen LogP contribution in [0.3, 0.4) is 0 Å². The highest BCUT2D eigenvalue weighted by atomic mass is 79.9. The molecule has 3 nitrogen and oxygen atoms in total. The lowest BCUT2D eigenvalue weighted by Gasteiger charge is -2.16. The van der Waals surface area contributed by atoms with Crippen LogP contribution < -0.4 is 5.73 Å². The van der Waals surface area contributed by atoms with Crippen molar-refractivity contribution in [2.45, 2.75) is 6.04 Å². The monoisotopic (exact) mass is 217 g/mol. The van der Waals surface area contributed by atoms with Crippen molar-refractivity contribution in [3.63, 3.8) is 0 Å². The van der Waals surface area contributed by atoms with Gasteiger partial charge in [-0.2, -0.15) is 0 Å². The van der Waals surface area contributed by atoms with Crippen molar-refractivity contribution in [2.24, 2.45) is 11.7 Å². The van der Waals surface area contributed by atoms with Crippen molar-refractivity contribution >= 4 is 21.9 Å². The SMILES string of the molecule is NC1C=CC(Br)=CC1C(=O)O. The zero-order valence-electron chi connectivity index (χ0n) is 5.70. The number of carboxylic acids is 1. The van der Waals surface area contributed by atoms with Crippen LogP contribution in [0.2, 0.25) is 0 Å². The number of nitrogens with two attached hydrogens (primary N) is 1. The fraction of sp³-hybridized carbons (Fsp3) is 0.286. The van der Waals surface area contributed by atoms with Gasteiger partial charge in [-0.25, -0.2) is 0 Å². The van der Waals surface area contributed by atoms with E-state index in [1.807, 2.05) is 0 Å². The predicted molar refractivity (Wildman–Crippen MR) is 45.3 cm³/mol. The molecule has 0 bridgehead atoms. The van der Waals surface area contributed by atoms with E-state index in [0.29, 0.717) is 0 Å². The van der Waals surface area contributed by atoms with Gasteiger partial charge in [-0.1, -0.05) is 34.2 Å². The van der Waals surface area contributed by atoms with Crippen molar-refractivity contribution in [1.29, 1.82) is 0 Å². The summed E-state index contributed by atoms with van der Waals surface area (Å²) in [5.41, 5.74) is 5.51. The Labute approximate surface area is 72.7 Å². The third kappa shape index (κ3) is 1.91. The van der Waals surface area contributed by atoms with E-state index in [0.717, 1.165) is 4.48 Å². The minimum atomic E-state index is -0.890. The largest absolute Gasteiger partial charge is 0.481 e. The number of allylic oxidation sites excluding steroid dienone is 2. The topological polar surface area (TPSA) is 63.3 Å². The molecule has 0 radical (unpaired) electrons. The van der Waals surface area contributed by atoms with Gasteiger partial charge < -0.3 is 10.8 Å². The van der Waals surface area contributed by atoms with E-state index in [4.69, 9.17) is 10.8 Å². The van der Waals surface area contributed by atoms with E-state index in [-0.39, 0.29) is 0 Å². The second-order valence-corrected chi connectivity index (χ2v) is 3.27. The van der Waals surface area contributed by atoms with Crippen LogP contribution in [-0.2, 0) is 4.79 Å². The third-order valence-corrected chi connectivity index (χ3v) is 2.04. The Hall–Kier alpha value is -0.610. The van der Waals surface area contributed by atoms with Crippen LogP contribution in [0, 0.1) is 5.92 Å². The number of carbonyl (C=O) groups is 1. The molecule has 0 saturated heterocycles. The van der Waals surface area contributed by atoms with Gasteiger partial charge in [0.1, 0.15) is 0 Å². The van der Waals surface area contributed by atoms with E-state index in [1.54, 1.807) is 18.2 Å². The summed E-state index contributed by atoms with van der Waals surface area (Å²) >= 11 is 3.18.